The van der Waals surface area contributed by atoms with Crippen molar-refractivity contribution in [2.45, 2.75) is 6.61 Å². The number of amides is 4. The number of rotatable bonds is 7. The highest BCUT2D eigenvalue weighted by Crippen LogP contribution is 2.30. The van der Waals surface area contributed by atoms with Crippen LogP contribution < -0.4 is 24.8 Å². The van der Waals surface area contributed by atoms with E-state index < -0.39 is 29.6 Å². The molecule has 1 heterocycles. The second-order valence-corrected chi connectivity index (χ2v) is 7.62. The monoisotopic (exact) mass is 489 g/mol. The maximum absolute atomic E-state index is 13.6. The first kappa shape index (κ1) is 24.1. The molecule has 9 nitrogen and oxygen atoms in total. The minimum Gasteiger partial charge on any atom is -0.545 e. The zero-order valence-corrected chi connectivity index (χ0v) is 18.8. The Morgan fingerprint density at radius 3 is 2.53 bits per heavy atom. The number of anilines is 1. The van der Waals surface area contributed by atoms with Gasteiger partial charge in [-0.25, -0.2) is 14.1 Å². The number of nitrogens with zero attached hydrogens (tertiary/aromatic N) is 1. The van der Waals surface area contributed by atoms with Crippen molar-refractivity contribution < 1.29 is 38.1 Å². The van der Waals surface area contributed by atoms with Crippen LogP contribution in [-0.2, 0) is 16.2 Å². The molecule has 0 bridgehead atoms. The fourth-order valence-electron chi connectivity index (χ4n) is 3.52. The fraction of sp³-hybridized carbons (Fsp3) is 0.0769. The number of carbonyl (C=O) groups is 4. The van der Waals surface area contributed by atoms with E-state index in [0.29, 0.717) is 21.8 Å². The first-order valence-electron chi connectivity index (χ1n) is 10.5. The highest BCUT2D eigenvalue weighted by atomic mass is 19.1. The van der Waals surface area contributed by atoms with E-state index in [4.69, 9.17) is 9.47 Å². The highest BCUT2D eigenvalue weighted by Gasteiger charge is 2.37. The molecule has 0 aromatic heterocycles. The highest BCUT2D eigenvalue weighted by molar-refractivity contribution is 6.39. The Morgan fingerprint density at radius 1 is 1.03 bits per heavy atom. The van der Waals surface area contributed by atoms with Crippen LogP contribution >= 0.6 is 0 Å². The predicted molar refractivity (Wildman–Crippen MR) is 124 cm³/mol. The van der Waals surface area contributed by atoms with Crippen molar-refractivity contribution in [1.82, 2.24) is 5.32 Å². The van der Waals surface area contributed by atoms with Crippen LogP contribution in [0, 0.1) is 5.82 Å². The molecule has 1 aliphatic rings. The van der Waals surface area contributed by atoms with E-state index in [1.165, 1.54) is 43.5 Å². The van der Waals surface area contributed by atoms with Crippen molar-refractivity contribution in [3.8, 4) is 11.5 Å². The molecular weight excluding hydrogens is 471 g/mol. The SMILES string of the molecule is COc1cc(/C=C2\C(=O)NC(=O)N(c3cccc(F)c3)C2=O)ccc1OCc1cccc(C(=O)[O-])c1. The van der Waals surface area contributed by atoms with Gasteiger partial charge in [-0.15, -0.1) is 0 Å². The number of imide groups is 2. The lowest BCUT2D eigenvalue weighted by Crippen LogP contribution is -2.54. The number of methoxy groups -OCH3 is 1. The molecule has 10 heteroatoms. The molecule has 1 aliphatic heterocycles. The zero-order chi connectivity index (χ0) is 25.8. The molecule has 0 aliphatic carbocycles. The molecule has 1 N–H and O–H groups in total. The number of barbiturate groups is 1. The number of hydrogen-bond donors (Lipinski definition) is 1. The largest absolute Gasteiger partial charge is 0.545 e. The van der Waals surface area contributed by atoms with Gasteiger partial charge in [-0.05, 0) is 59.2 Å². The van der Waals surface area contributed by atoms with Gasteiger partial charge in [0.15, 0.2) is 11.5 Å². The summed E-state index contributed by atoms with van der Waals surface area (Å²) >= 11 is 0. The molecule has 0 spiro atoms. The molecule has 0 saturated carbocycles. The average Bonchev–Trinajstić information content (AvgIpc) is 2.85. The van der Waals surface area contributed by atoms with Crippen LogP contribution in [0.3, 0.4) is 0 Å². The van der Waals surface area contributed by atoms with Crippen LogP contribution in [0.4, 0.5) is 14.9 Å². The third kappa shape index (κ3) is 5.07. The van der Waals surface area contributed by atoms with Crippen molar-refractivity contribution in [2.24, 2.45) is 0 Å². The van der Waals surface area contributed by atoms with Crippen molar-refractivity contribution in [3.05, 3.63) is 94.8 Å². The summed E-state index contributed by atoms with van der Waals surface area (Å²) in [6, 6.07) is 14.6. The molecule has 0 unspecified atom stereocenters. The minimum absolute atomic E-state index is 0.0197. The standard InChI is InChI=1S/C26H19FN2O7/c1-35-22-12-15(8-9-21(22)36-14-16-4-2-5-17(10-16)25(32)33)11-20-23(30)28-26(34)29(24(20)31)19-7-3-6-18(27)13-19/h2-13H,14H2,1H3,(H,32,33)(H,28,30,34)/p-1/b20-11+. The number of carboxylic acid groups (broad SMARTS) is 1. The molecule has 1 fully saturated rings. The van der Waals surface area contributed by atoms with Gasteiger partial charge < -0.3 is 19.4 Å². The smallest absolute Gasteiger partial charge is 0.335 e. The molecule has 3 aromatic carbocycles. The number of hydrogen-bond acceptors (Lipinski definition) is 7. The Morgan fingerprint density at radius 2 is 1.81 bits per heavy atom. The number of nitrogens with one attached hydrogen (secondary N) is 1. The minimum atomic E-state index is -1.30. The summed E-state index contributed by atoms with van der Waals surface area (Å²) in [5, 5.41) is 13.1. The van der Waals surface area contributed by atoms with Gasteiger partial charge in [-0.3, -0.25) is 14.9 Å². The third-order valence-corrected chi connectivity index (χ3v) is 5.22. The fourth-order valence-corrected chi connectivity index (χ4v) is 3.52. The Hall–Kier alpha value is -4.99. The summed E-state index contributed by atoms with van der Waals surface area (Å²) < 4.78 is 24.7. The lowest BCUT2D eigenvalue weighted by molar-refractivity contribution is -0.255. The zero-order valence-electron chi connectivity index (χ0n) is 18.8. The Kier molecular flexibility index (Phi) is 6.77. The van der Waals surface area contributed by atoms with Gasteiger partial charge in [0.05, 0.1) is 18.8 Å². The van der Waals surface area contributed by atoms with Gasteiger partial charge in [0.1, 0.15) is 18.0 Å². The third-order valence-electron chi connectivity index (χ3n) is 5.22. The molecule has 3 aromatic rings. The lowest BCUT2D eigenvalue weighted by Gasteiger charge is -2.26. The molecule has 182 valence electrons. The maximum atomic E-state index is 13.6. The van der Waals surface area contributed by atoms with Crippen LogP contribution in [0.2, 0.25) is 0 Å². The molecule has 0 atom stereocenters. The van der Waals surface area contributed by atoms with E-state index in [2.05, 4.69) is 5.32 Å². The van der Waals surface area contributed by atoms with Crippen molar-refractivity contribution in [2.75, 3.05) is 12.0 Å². The van der Waals surface area contributed by atoms with Crippen LogP contribution in [-0.4, -0.2) is 30.9 Å². The average molecular weight is 489 g/mol. The second-order valence-electron chi connectivity index (χ2n) is 7.62. The molecule has 4 amide bonds. The molecule has 0 radical (unpaired) electrons. The van der Waals surface area contributed by atoms with E-state index in [1.807, 2.05) is 0 Å². The number of urea groups is 1. The Balaban J connectivity index is 1.58. The molecular formula is C26H18FN2O7-. The number of aromatic carboxylic acids is 1. The molecule has 36 heavy (non-hydrogen) atoms. The maximum Gasteiger partial charge on any atom is 0.335 e. The van der Waals surface area contributed by atoms with E-state index in [9.17, 15) is 28.7 Å². The second kappa shape index (κ2) is 10.1. The van der Waals surface area contributed by atoms with Gasteiger partial charge in [0, 0.05) is 0 Å². The van der Waals surface area contributed by atoms with Crippen LogP contribution in [0.25, 0.3) is 6.08 Å². The molecule has 1 saturated heterocycles. The van der Waals surface area contributed by atoms with Gasteiger partial charge in [-0.2, -0.15) is 0 Å². The normalized spacial score (nSPS) is 14.6. The summed E-state index contributed by atoms with van der Waals surface area (Å²) in [6.07, 6.45) is 1.27. The van der Waals surface area contributed by atoms with Crippen LogP contribution in [0.15, 0.2) is 72.3 Å². The number of carboxylic acids is 1. The van der Waals surface area contributed by atoms with E-state index in [0.717, 1.165) is 12.1 Å². The van der Waals surface area contributed by atoms with Crippen LogP contribution in [0.5, 0.6) is 11.5 Å². The van der Waals surface area contributed by atoms with Gasteiger partial charge >= 0.3 is 6.03 Å². The predicted octanol–water partition coefficient (Wildman–Crippen LogP) is 2.44. The summed E-state index contributed by atoms with van der Waals surface area (Å²) in [4.78, 5) is 49.3. The molecule has 4 rings (SSSR count). The van der Waals surface area contributed by atoms with Crippen molar-refractivity contribution in [1.29, 1.82) is 0 Å². The first-order valence-corrected chi connectivity index (χ1v) is 10.5. The van der Waals surface area contributed by atoms with Gasteiger partial charge in [-0.1, -0.05) is 30.3 Å². The summed E-state index contributed by atoms with van der Waals surface area (Å²) in [5.74, 6) is -3.16. The number of carbonyl (C=O) groups excluding carboxylic acids is 4. The lowest BCUT2D eigenvalue weighted by atomic mass is 10.1. The summed E-state index contributed by atoms with van der Waals surface area (Å²) in [5.41, 5.74) is 0.640. The van der Waals surface area contributed by atoms with Crippen molar-refractivity contribution >= 4 is 35.6 Å². The summed E-state index contributed by atoms with van der Waals surface area (Å²) in [6.45, 7) is 0.0452. The number of ether oxygens (including phenoxy) is 2. The quantitative estimate of drug-likeness (QED) is 0.399. The van der Waals surface area contributed by atoms with Crippen LogP contribution in [0.1, 0.15) is 21.5 Å². The van der Waals surface area contributed by atoms with Crippen molar-refractivity contribution in [3.63, 3.8) is 0 Å². The van der Waals surface area contributed by atoms with Gasteiger partial charge in [0.2, 0.25) is 0 Å². The Labute approximate surface area is 204 Å². The van der Waals surface area contributed by atoms with Gasteiger partial charge in [0.25, 0.3) is 11.8 Å². The van der Waals surface area contributed by atoms with E-state index >= 15 is 0 Å². The Bertz CT molecular complexity index is 1420. The number of halogens is 1. The van der Waals surface area contributed by atoms with E-state index in [-0.39, 0.29) is 29.2 Å². The number of benzene rings is 3. The van der Waals surface area contributed by atoms with E-state index in [1.54, 1.807) is 24.3 Å². The first-order chi connectivity index (χ1) is 17.3. The summed E-state index contributed by atoms with van der Waals surface area (Å²) in [7, 11) is 1.40. The topological polar surface area (TPSA) is 125 Å².